The van der Waals surface area contributed by atoms with Crippen molar-refractivity contribution >= 4 is 71.7 Å². The number of aromatic nitrogens is 3. The third-order valence-electron chi connectivity index (χ3n) is 16.0. The van der Waals surface area contributed by atoms with Gasteiger partial charge in [0.1, 0.15) is 0 Å². The summed E-state index contributed by atoms with van der Waals surface area (Å²) in [5.74, 6) is 1.24. The fraction of sp³-hybridized carbons (Fsp3) is 0.281. The predicted molar refractivity (Wildman–Crippen MR) is 292 cm³/mol. The first-order valence-corrected chi connectivity index (χ1v) is 24.9. The Labute approximate surface area is 433 Å². The molecule has 10 aromatic rings. The van der Waals surface area contributed by atoms with Crippen molar-refractivity contribution in [2.75, 3.05) is 9.80 Å². The molecule has 0 amide bonds. The largest absolute Gasteiger partial charge is 0.509 e. The van der Waals surface area contributed by atoms with Gasteiger partial charge >= 0.3 is 0 Å². The summed E-state index contributed by atoms with van der Waals surface area (Å²) in [7, 11) is 0. The monoisotopic (exact) mass is 1110 g/mol. The maximum Gasteiger partial charge on any atom is 0.0752 e. The van der Waals surface area contributed by atoms with Crippen LogP contribution in [0.15, 0.2) is 134 Å². The Hall–Kier alpha value is -6.36. The molecular formula is C64H62N5OPt-3. The van der Waals surface area contributed by atoms with Crippen LogP contribution in [0.4, 0.5) is 22.7 Å². The first-order chi connectivity index (χ1) is 33.1. The number of hydrogen-bond donors (Lipinski definition) is 0. The van der Waals surface area contributed by atoms with E-state index in [2.05, 4.69) is 261 Å². The molecule has 0 unspecified atom stereocenters. The number of benzene rings is 7. The summed E-state index contributed by atoms with van der Waals surface area (Å²) in [5, 5.41) is 11.2. The summed E-state index contributed by atoms with van der Waals surface area (Å²) < 4.78 is 11.5. The van der Waals surface area contributed by atoms with E-state index in [0.717, 1.165) is 50.4 Å². The molecule has 0 saturated carbocycles. The van der Waals surface area contributed by atoms with E-state index in [1.807, 2.05) is 0 Å². The zero-order valence-electron chi connectivity index (χ0n) is 43.2. The molecule has 0 spiro atoms. The molecule has 1 aliphatic carbocycles. The van der Waals surface area contributed by atoms with Gasteiger partial charge in [0.05, 0.1) is 22.7 Å². The number of ether oxygens (including phenoxy) is 1. The zero-order chi connectivity index (χ0) is 49.0. The van der Waals surface area contributed by atoms with E-state index >= 15 is 0 Å². The van der Waals surface area contributed by atoms with Crippen LogP contribution in [0.3, 0.4) is 0 Å². The fourth-order valence-electron chi connectivity index (χ4n) is 11.1. The van der Waals surface area contributed by atoms with E-state index in [1.54, 1.807) is 0 Å². The van der Waals surface area contributed by atoms with Crippen LogP contribution in [-0.4, -0.2) is 14.2 Å². The van der Waals surface area contributed by atoms with Gasteiger partial charge in [0, 0.05) is 82.5 Å². The van der Waals surface area contributed by atoms with Crippen molar-refractivity contribution in [3.8, 4) is 17.2 Å². The van der Waals surface area contributed by atoms with E-state index in [9.17, 15) is 0 Å². The smallest absolute Gasteiger partial charge is 0.0752 e. The van der Waals surface area contributed by atoms with E-state index in [0.29, 0.717) is 11.5 Å². The number of anilines is 4. The average Bonchev–Trinajstić information content (AvgIpc) is 4.03. The van der Waals surface area contributed by atoms with Gasteiger partial charge < -0.3 is 19.1 Å². The zero-order valence-corrected chi connectivity index (χ0v) is 45.5. The third kappa shape index (κ3) is 7.17. The van der Waals surface area contributed by atoms with Crippen molar-refractivity contribution in [2.24, 2.45) is 0 Å². The molecule has 0 saturated heterocycles. The van der Waals surface area contributed by atoms with Crippen LogP contribution in [0.5, 0.6) is 11.5 Å². The molecule has 7 aromatic carbocycles. The van der Waals surface area contributed by atoms with Gasteiger partial charge in [-0.1, -0.05) is 150 Å². The summed E-state index contributed by atoms with van der Waals surface area (Å²) in [5.41, 5.74) is 15.5. The number of para-hydroxylation sites is 4. The van der Waals surface area contributed by atoms with Gasteiger partial charge in [-0.15, -0.1) is 53.6 Å². The van der Waals surface area contributed by atoms with Crippen molar-refractivity contribution in [3.05, 3.63) is 180 Å². The molecule has 3 aromatic heterocycles. The first-order valence-electron chi connectivity index (χ1n) is 24.9. The number of fused-ring (bicyclic) bond motifs is 7. The molecule has 0 atom stereocenters. The van der Waals surface area contributed by atoms with Crippen molar-refractivity contribution in [3.63, 3.8) is 0 Å². The molecule has 4 heterocycles. The number of pyridine rings is 1. The minimum absolute atomic E-state index is 0. The maximum atomic E-state index is 6.98. The van der Waals surface area contributed by atoms with Crippen LogP contribution < -0.4 is 14.5 Å². The number of rotatable bonds is 5. The summed E-state index contributed by atoms with van der Waals surface area (Å²) in [6.07, 6.45) is 2.09. The van der Waals surface area contributed by atoms with E-state index < -0.39 is 0 Å². The van der Waals surface area contributed by atoms with E-state index in [1.165, 1.54) is 54.8 Å². The van der Waals surface area contributed by atoms with Gasteiger partial charge in [0.2, 0.25) is 0 Å². The molecule has 362 valence electrons. The average molecular weight is 1110 g/mol. The van der Waals surface area contributed by atoms with Gasteiger partial charge in [0.15, 0.2) is 0 Å². The second kappa shape index (κ2) is 15.8. The molecule has 7 heteroatoms. The molecule has 1 aliphatic heterocycles. The van der Waals surface area contributed by atoms with Gasteiger partial charge in [-0.2, -0.15) is 11.2 Å². The normalized spacial score (nSPS) is 15.4. The predicted octanol–water partition coefficient (Wildman–Crippen LogP) is 17.0. The summed E-state index contributed by atoms with van der Waals surface area (Å²) >= 11 is 0. The standard InChI is InChI=1S/C64H62N5O.Pt/c1-60(2,3)39-28-40(61(4,5)6)30-42(29-39)66-38-67(56-25-19-18-24-55(56)66)43-31-41(62(7,8)9)32-46(33-43)70-45-26-27-49-50-34-44(68-53-22-16-14-20-47(53)48-21-15-17-23-54(48)68)35-51-58(50)59-52(64(12,13)63(51,10)11)37-65-69(59)57(49)36-45;/h14-32,34-35,37-38H,1-13H3;/q-3;. The molecule has 0 radical (unpaired) electrons. The van der Waals surface area contributed by atoms with E-state index in [4.69, 9.17) is 9.84 Å². The van der Waals surface area contributed by atoms with Crippen molar-refractivity contribution in [1.29, 1.82) is 0 Å². The van der Waals surface area contributed by atoms with E-state index in [-0.39, 0.29) is 48.1 Å². The Morgan fingerprint density at radius 3 is 1.70 bits per heavy atom. The Balaban J connectivity index is 0.00000547. The number of nitrogens with zero attached hydrogens (tertiary/aromatic N) is 5. The molecule has 0 bridgehead atoms. The quantitative estimate of drug-likeness (QED) is 0.127. The van der Waals surface area contributed by atoms with Gasteiger partial charge in [0.25, 0.3) is 0 Å². The summed E-state index contributed by atoms with van der Waals surface area (Å²) in [4.78, 5) is 4.59. The molecule has 0 N–H and O–H groups in total. The molecule has 12 rings (SSSR count). The summed E-state index contributed by atoms with van der Waals surface area (Å²) in [6, 6.07) is 54.3. The second-order valence-electron chi connectivity index (χ2n) is 24.0. The van der Waals surface area contributed by atoms with Crippen molar-refractivity contribution < 1.29 is 25.8 Å². The van der Waals surface area contributed by atoms with Crippen LogP contribution in [0.25, 0.3) is 54.7 Å². The first kappa shape index (κ1) is 47.0. The van der Waals surface area contributed by atoms with Crippen molar-refractivity contribution in [2.45, 2.75) is 117 Å². The van der Waals surface area contributed by atoms with Crippen molar-refractivity contribution in [1.82, 2.24) is 14.2 Å². The minimum Gasteiger partial charge on any atom is -0.509 e. The van der Waals surface area contributed by atoms with Gasteiger partial charge in [-0.05, 0) is 92.4 Å². The Kier molecular flexibility index (Phi) is 10.5. The summed E-state index contributed by atoms with van der Waals surface area (Å²) in [6.45, 7) is 32.3. The van der Waals surface area contributed by atoms with Crippen LogP contribution in [-0.2, 0) is 48.1 Å². The molecular weight excluding hydrogens is 1050 g/mol. The molecule has 71 heavy (non-hydrogen) atoms. The molecule has 6 nitrogen and oxygen atoms in total. The second-order valence-corrected chi connectivity index (χ2v) is 24.0. The molecule has 0 fully saturated rings. The third-order valence-corrected chi connectivity index (χ3v) is 16.0. The number of hydrogen-bond acceptors (Lipinski definition) is 4. The van der Waals surface area contributed by atoms with Crippen LogP contribution >= 0.6 is 0 Å². The van der Waals surface area contributed by atoms with Crippen LogP contribution in [0.1, 0.15) is 118 Å². The Morgan fingerprint density at radius 1 is 0.521 bits per heavy atom. The van der Waals surface area contributed by atoms with Crippen LogP contribution in [0.2, 0.25) is 0 Å². The SMILES string of the molecule is CC(C)(C)c1cc(Oc2[c-]c3c(cc2)c2cc(-n4c5ccccc5c5ccccc54)cc4c2c2c(cnn32)C(C)(C)C4(C)C)[c-]c(N2[CH-]N(c3cc(C(C)(C)C)cc(C(C)(C)C)c3)c3ccccc32)c1.[Pt]. The van der Waals surface area contributed by atoms with Crippen LogP contribution in [0, 0.1) is 18.8 Å². The van der Waals surface area contributed by atoms with Gasteiger partial charge in [-0.3, -0.25) is 4.52 Å². The topological polar surface area (TPSA) is 37.9 Å². The maximum absolute atomic E-state index is 6.98. The Bertz CT molecular complexity index is 3730. The Morgan fingerprint density at radius 2 is 1.08 bits per heavy atom. The van der Waals surface area contributed by atoms with Gasteiger partial charge in [-0.25, -0.2) is 0 Å². The molecule has 2 aliphatic rings. The minimum atomic E-state index is -0.222. The fourth-order valence-corrected chi connectivity index (χ4v) is 11.1.